The molecule has 0 aliphatic heterocycles. The van der Waals surface area contributed by atoms with Crippen molar-refractivity contribution in [1.82, 2.24) is 0 Å². The Morgan fingerprint density at radius 3 is 2.60 bits per heavy atom. The topological polar surface area (TPSA) is 9.23 Å². The predicted octanol–water partition coefficient (Wildman–Crippen LogP) is 4.81. The van der Waals surface area contributed by atoms with Crippen LogP contribution in [0.25, 0.3) is 0 Å². The fraction of sp³-hybridized carbons (Fsp3) is 0.500. The highest BCUT2D eigenvalue weighted by molar-refractivity contribution is 9.10. The van der Waals surface area contributed by atoms with Gasteiger partial charge in [0.15, 0.2) is 0 Å². The first-order valence-electron chi connectivity index (χ1n) is 5.37. The minimum atomic E-state index is 0.359. The van der Waals surface area contributed by atoms with Gasteiger partial charge in [-0.2, -0.15) is 0 Å². The Morgan fingerprint density at radius 2 is 1.93 bits per heavy atom. The molecule has 1 saturated carbocycles. The summed E-state index contributed by atoms with van der Waals surface area (Å²) in [5.74, 6) is 0.812. The lowest BCUT2D eigenvalue weighted by atomic mass is 9.98. The van der Waals surface area contributed by atoms with Crippen molar-refractivity contribution in [2.75, 3.05) is 0 Å². The van der Waals surface area contributed by atoms with Crippen molar-refractivity contribution in [3.8, 4) is 5.75 Å². The van der Waals surface area contributed by atoms with Crippen LogP contribution in [0, 0.1) is 0 Å². The molecule has 0 N–H and O–H groups in total. The van der Waals surface area contributed by atoms with E-state index in [4.69, 9.17) is 16.3 Å². The van der Waals surface area contributed by atoms with E-state index >= 15 is 0 Å². The van der Waals surface area contributed by atoms with Gasteiger partial charge in [-0.25, -0.2) is 0 Å². The Hall–Kier alpha value is -0.210. The first kappa shape index (κ1) is 11.3. The molecule has 1 aliphatic rings. The molecule has 15 heavy (non-hydrogen) atoms. The molecule has 1 aliphatic carbocycles. The summed E-state index contributed by atoms with van der Waals surface area (Å²) in [6.07, 6.45) is 6.57. The highest BCUT2D eigenvalue weighted by atomic mass is 79.9. The van der Waals surface area contributed by atoms with Gasteiger partial charge < -0.3 is 4.74 Å². The molecule has 0 unspecified atom stereocenters. The molecular formula is C12H14BrClO. The quantitative estimate of drug-likeness (QED) is 0.759. The number of rotatable bonds is 2. The van der Waals surface area contributed by atoms with Crippen LogP contribution in [0.15, 0.2) is 22.7 Å². The van der Waals surface area contributed by atoms with E-state index in [9.17, 15) is 0 Å². The molecule has 0 heterocycles. The zero-order chi connectivity index (χ0) is 10.7. The molecule has 0 saturated heterocycles. The van der Waals surface area contributed by atoms with Crippen molar-refractivity contribution in [2.45, 2.75) is 38.2 Å². The van der Waals surface area contributed by atoms with E-state index in [1.165, 1.54) is 19.3 Å². The Kier molecular flexibility index (Phi) is 3.92. The summed E-state index contributed by atoms with van der Waals surface area (Å²) in [6, 6.07) is 5.77. The Labute approximate surface area is 104 Å². The van der Waals surface area contributed by atoms with E-state index in [1.54, 1.807) is 0 Å². The van der Waals surface area contributed by atoms with Crippen molar-refractivity contribution in [1.29, 1.82) is 0 Å². The summed E-state index contributed by atoms with van der Waals surface area (Å²) in [5.41, 5.74) is 0. The normalized spacial score (nSPS) is 17.7. The van der Waals surface area contributed by atoms with E-state index in [0.29, 0.717) is 11.1 Å². The minimum absolute atomic E-state index is 0.359. The molecule has 2 rings (SSSR count). The zero-order valence-corrected chi connectivity index (χ0v) is 10.9. The van der Waals surface area contributed by atoms with Crippen molar-refractivity contribution in [3.05, 3.63) is 27.7 Å². The van der Waals surface area contributed by atoms with Gasteiger partial charge >= 0.3 is 0 Å². The lowest BCUT2D eigenvalue weighted by Crippen LogP contribution is -2.19. The third-order valence-electron chi connectivity index (χ3n) is 2.74. The van der Waals surface area contributed by atoms with Crippen molar-refractivity contribution >= 4 is 27.5 Å². The van der Waals surface area contributed by atoms with Gasteiger partial charge in [-0.3, -0.25) is 0 Å². The van der Waals surface area contributed by atoms with Gasteiger partial charge in [0.2, 0.25) is 0 Å². The number of halogens is 2. The third kappa shape index (κ3) is 3.12. The van der Waals surface area contributed by atoms with Gasteiger partial charge in [-0.1, -0.05) is 34.0 Å². The number of ether oxygens (including phenoxy) is 1. The van der Waals surface area contributed by atoms with Gasteiger partial charge in [-0.05, 0) is 43.9 Å². The van der Waals surface area contributed by atoms with E-state index in [-0.39, 0.29) is 0 Å². The fourth-order valence-corrected chi connectivity index (χ4v) is 2.65. The molecule has 3 heteroatoms. The summed E-state index contributed by atoms with van der Waals surface area (Å²) in [5, 5.41) is 0.690. The fourth-order valence-electron chi connectivity index (χ4n) is 1.93. The molecule has 1 fully saturated rings. The van der Waals surface area contributed by atoms with Gasteiger partial charge in [-0.15, -0.1) is 0 Å². The maximum atomic E-state index is 6.09. The molecule has 0 spiro atoms. The van der Waals surface area contributed by atoms with Crippen LogP contribution in [0.5, 0.6) is 5.75 Å². The molecule has 82 valence electrons. The molecule has 0 bridgehead atoms. The summed E-state index contributed by atoms with van der Waals surface area (Å²) in [7, 11) is 0. The molecule has 0 atom stereocenters. The molecule has 0 amide bonds. The number of hydrogen-bond acceptors (Lipinski definition) is 1. The van der Waals surface area contributed by atoms with E-state index in [1.807, 2.05) is 18.2 Å². The van der Waals surface area contributed by atoms with Crippen LogP contribution in [-0.4, -0.2) is 6.10 Å². The molecule has 1 nitrogen and oxygen atoms in total. The van der Waals surface area contributed by atoms with Gasteiger partial charge in [0.25, 0.3) is 0 Å². The Morgan fingerprint density at radius 1 is 1.20 bits per heavy atom. The number of hydrogen-bond donors (Lipinski definition) is 0. The maximum absolute atomic E-state index is 6.09. The van der Waals surface area contributed by atoms with Crippen molar-refractivity contribution in [3.63, 3.8) is 0 Å². The van der Waals surface area contributed by atoms with E-state index < -0.39 is 0 Å². The van der Waals surface area contributed by atoms with Gasteiger partial charge in [0.05, 0.1) is 11.1 Å². The van der Waals surface area contributed by atoms with Crippen LogP contribution in [0.1, 0.15) is 32.1 Å². The van der Waals surface area contributed by atoms with Crippen molar-refractivity contribution in [2.24, 2.45) is 0 Å². The summed E-state index contributed by atoms with van der Waals surface area (Å²) >= 11 is 9.48. The van der Waals surface area contributed by atoms with Gasteiger partial charge in [0, 0.05) is 4.47 Å². The lowest BCUT2D eigenvalue weighted by molar-refractivity contribution is 0.155. The molecule has 1 aromatic rings. The first-order chi connectivity index (χ1) is 7.25. The highest BCUT2D eigenvalue weighted by Crippen LogP contribution is 2.31. The van der Waals surface area contributed by atoms with E-state index in [2.05, 4.69) is 15.9 Å². The second-order valence-electron chi connectivity index (χ2n) is 3.95. The lowest BCUT2D eigenvalue weighted by Gasteiger charge is -2.23. The Bertz CT molecular complexity index is 334. The van der Waals surface area contributed by atoms with Crippen LogP contribution >= 0.6 is 27.5 Å². The van der Waals surface area contributed by atoms with Gasteiger partial charge in [0.1, 0.15) is 5.75 Å². The van der Waals surface area contributed by atoms with Crippen LogP contribution in [0.2, 0.25) is 5.02 Å². The van der Waals surface area contributed by atoms with Crippen molar-refractivity contribution < 1.29 is 4.74 Å². The molecular weight excluding hydrogens is 275 g/mol. The third-order valence-corrected chi connectivity index (χ3v) is 3.53. The summed E-state index contributed by atoms with van der Waals surface area (Å²) < 4.78 is 6.88. The SMILES string of the molecule is Clc1cc(Br)ccc1OC1CCCCC1. The summed E-state index contributed by atoms with van der Waals surface area (Å²) in [6.45, 7) is 0. The Balaban J connectivity index is 2.03. The maximum Gasteiger partial charge on any atom is 0.138 e. The molecule has 1 aromatic carbocycles. The minimum Gasteiger partial charge on any atom is -0.489 e. The average Bonchev–Trinajstić information content (AvgIpc) is 2.24. The summed E-state index contributed by atoms with van der Waals surface area (Å²) in [4.78, 5) is 0. The zero-order valence-electron chi connectivity index (χ0n) is 8.51. The molecule has 0 radical (unpaired) electrons. The van der Waals surface area contributed by atoms with E-state index in [0.717, 1.165) is 23.1 Å². The standard InChI is InChI=1S/C12H14BrClO/c13-9-6-7-12(11(14)8-9)15-10-4-2-1-3-5-10/h6-8,10H,1-5H2. The molecule has 0 aromatic heterocycles. The smallest absolute Gasteiger partial charge is 0.138 e. The van der Waals surface area contributed by atoms with Crippen LogP contribution in [0.3, 0.4) is 0 Å². The average molecular weight is 290 g/mol. The first-order valence-corrected chi connectivity index (χ1v) is 6.54. The highest BCUT2D eigenvalue weighted by Gasteiger charge is 2.15. The van der Waals surface area contributed by atoms with Crippen LogP contribution in [0.4, 0.5) is 0 Å². The second-order valence-corrected chi connectivity index (χ2v) is 5.28. The second kappa shape index (κ2) is 5.22. The largest absolute Gasteiger partial charge is 0.489 e. The predicted molar refractivity (Wildman–Crippen MR) is 66.7 cm³/mol. The monoisotopic (exact) mass is 288 g/mol. The van der Waals surface area contributed by atoms with Crippen LogP contribution in [-0.2, 0) is 0 Å². The number of benzene rings is 1. The van der Waals surface area contributed by atoms with Crippen LogP contribution < -0.4 is 4.74 Å².